The first-order valence-electron chi connectivity index (χ1n) is 8.81. The van der Waals surface area contributed by atoms with Crippen LogP contribution >= 0.6 is 0 Å². The molecule has 160 valence electrons. The minimum atomic E-state index is -2.07. The molecule has 2 aromatic heterocycles. The van der Waals surface area contributed by atoms with E-state index in [9.17, 15) is 25.1 Å². The van der Waals surface area contributed by atoms with Crippen LogP contribution in [0.15, 0.2) is 18.5 Å². The van der Waals surface area contributed by atoms with Gasteiger partial charge in [0.25, 0.3) is 0 Å². The summed E-state index contributed by atoms with van der Waals surface area (Å²) in [6, 6.07) is 4.64. The Labute approximate surface area is 169 Å². The third kappa shape index (κ3) is 3.71. The van der Waals surface area contributed by atoms with Gasteiger partial charge in [0.05, 0.1) is 11.8 Å². The SMILES string of the molecule is CC(C)OC(=O)OC[C@H]1O[C@@](C#N)(c2ccc3c(NC(=O)O)ncnn23)[C@H](O)[C@@H]1O. The number of nitrogens with one attached hydrogen (secondary N) is 1. The Morgan fingerprint density at radius 2 is 2.17 bits per heavy atom. The average molecular weight is 421 g/mol. The molecule has 0 radical (unpaired) electrons. The maximum Gasteiger partial charge on any atom is 0.508 e. The van der Waals surface area contributed by atoms with Gasteiger partial charge in [-0.15, -0.1) is 0 Å². The zero-order valence-corrected chi connectivity index (χ0v) is 15.9. The number of fused-ring (bicyclic) bond motifs is 1. The first kappa shape index (κ1) is 21.2. The number of ether oxygens (including phenoxy) is 3. The summed E-state index contributed by atoms with van der Waals surface area (Å²) in [6.45, 7) is 2.77. The molecule has 1 fully saturated rings. The Kier molecular flexibility index (Phi) is 5.74. The minimum Gasteiger partial charge on any atom is -0.465 e. The molecular formula is C17H19N5O8. The van der Waals surface area contributed by atoms with Gasteiger partial charge in [-0.2, -0.15) is 10.4 Å². The van der Waals surface area contributed by atoms with Gasteiger partial charge in [-0.1, -0.05) is 0 Å². The van der Waals surface area contributed by atoms with Gasteiger partial charge in [0.2, 0.25) is 5.60 Å². The van der Waals surface area contributed by atoms with Crippen LogP contribution in [0.25, 0.3) is 5.52 Å². The maximum absolute atomic E-state index is 11.6. The van der Waals surface area contributed by atoms with E-state index in [1.165, 1.54) is 12.1 Å². The van der Waals surface area contributed by atoms with Crippen LogP contribution in [-0.2, 0) is 19.8 Å². The van der Waals surface area contributed by atoms with E-state index in [1.54, 1.807) is 13.8 Å². The molecule has 1 saturated heterocycles. The molecule has 4 N–H and O–H groups in total. The zero-order chi connectivity index (χ0) is 22.1. The number of amides is 1. The van der Waals surface area contributed by atoms with Crippen LogP contribution in [0, 0.1) is 11.3 Å². The number of rotatable bonds is 5. The predicted molar refractivity (Wildman–Crippen MR) is 96.4 cm³/mol. The van der Waals surface area contributed by atoms with Gasteiger partial charge >= 0.3 is 12.2 Å². The topological polar surface area (TPSA) is 189 Å². The van der Waals surface area contributed by atoms with Gasteiger partial charge in [-0.3, -0.25) is 5.32 Å². The van der Waals surface area contributed by atoms with E-state index < -0.39 is 48.9 Å². The molecule has 4 atom stereocenters. The molecule has 3 rings (SSSR count). The first-order chi connectivity index (χ1) is 14.2. The summed E-state index contributed by atoms with van der Waals surface area (Å²) in [5.41, 5.74) is -1.86. The number of hydrogen-bond acceptors (Lipinski definition) is 10. The van der Waals surface area contributed by atoms with Crippen LogP contribution in [-0.4, -0.2) is 73.2 Å². The lowest BCUT2D eigenvalue weighted by Crippen LogP contribution is -2.41. The standard InChI is InChI=1S/C17H19N5O8/c1-8(2)29-16(27)28-5-10-12(23)13(24)17(6-18,30-10)11-4-3-9-14(21-15(25)26)19-7-20-22(9)11/h3-4,7-8,10,12-13,23-24H,5H2,1-2H3,(H,25,26)(H,19,20,21)/t10-,12-,13-,17+/m1/s1. The Morgan fingerprint density at radius 1 is 1.43 bits per heavy atom. The van der Waals surface area contributed by atoms with E-state index in [4.69, 9.17) is 19.3 Å². The van der Waals surface area contributed by atoms with E-state index in [0.29, 0.717) is 0 Å². The fourth-order valence-corrected chi connectivity index (χ4v) is 3.11. The summed E-state index contributed by atoms with van der Waals surface area (Å²) < 4.78 is 16.5. The van der Waals surface area contributed by atoms with Crippen molar-refractivity contribution in [3.8, 4) is 6.07 Å². The first-order valence-corrected chi connectivity index (χ1v) is 8.81. The summed E-state index contributed by atoms with van der Waals surface area (Å²) in [5, 5.41) is 45.8. The highest BCUT2D eigenvalue weighted by Gasteiger charge is 2.57. The Morgan fingerprint density at radius 3 is 2.80 bits per heavy atom. The van der Waals surface area contributed by atoms with Gasteiger partial charge in [-0.05, 0) is 26.0 Å². The number of nitriles is 1. The minimum absolute atomic E-state index is 0.0228. The van der Waals surface area contributed by atoms with Gasteiger partial charge < -0.3 is 29.5 Å². The van der Waals surface area contributed by atoms with Crippen molar-refractivity contribution in [1.29, 1.82) is 5.26 Å². The molecule has 2 aromatic rings. The molecule has 0 unspecified atom stereocenters. The van der Waals surface area contributed by atoms with E-state index in [-0.39, 0.29) is 17.0 Å². The second kappa shape index (κ2) is 8.11. The maximum atomic E-state index is 11.6. The fourth-order valence-electron chi connectivity index (χ4n) is 3.11. The molecule has 0 spiro atoms. The lowest BCUT2D eigenvalue weighted by Gasteiger charge is -2.24. The number of aromatic nitrogens is 3. The number of aliphatic hydroxyl groups excluding tert-OH is 2. The Hall–Kier alpha value is -3.47. The molecule has 13 nitrogen and oxygen atoms in total. The summed E-state index contributed by atoms with van der Waals surface area (Å²) in [5.74, 6) is -0.0545. The van der Waals surface area contributed by atoms with Gasteiger partial charge in [0.1, 0.15) is 42.8 Å². The van der Waals surface area contributed by atoms with Gasteiger partial charge in [0.15, 0.2) is 5.82 Å². The van der Waals surface area contributed by atoms with Crippen LogP contribution in [0.1, 0.15) is 19.5 Å². The molecule has 3 heterocycles. The molecule has 0 saturated carbocycles. The Balaban J connectivity index is 1.91. The second-order valence-electron chi connectivity index (χ2n) is 6.72. The average Bonchev–Trinajstić information content (AvgIpc) is 3.21. The predicted octanol–water partition coefficient (Wildman–Crippen LogP) is 0.220. The number of carbonyl (C=O) groups is 2. The number of aliphatic hydroxyl groups is 2. The molecule has 0 aliphatic carbocycles. The van der Waals surface area contributed by atoms with E-state index >= 15 is 0 Å². The zero-order valence-electron chi connectivity index (χ0n) is 15.9. The second-order valence-corrected chi connectivity index (χ2v) is 6.72. The van der Waals surface area contributed by atoms with Crippen molar-refractivity contribution >= 4 is 23.6 Å². The van der Waals surface area contributed by atoms with Crippen molar-refractivity contribution in [3.63, 3.8) is 0 Å². The summed E-state index contributed by atoms with van der Waals surface area (Å²) in [7, 11) is 0. The van der Waals surface area contributed by atoms with Crippen molar-refractivity contribution in [1.82, 2.24) is 14.6 Å². The van der Waals surface area contributed by atoms with Crippen molar-refractivity contribution in [2.45, 2.75) is 43.9 Å². The Bertz CT molecular complexity index is 1000. The molecule has 0 bridgehead atoms. The van der Waals surface area contributed by atoms with E-state index in [0.717, 1.165) is 10.8 Å². The molecule has 1 aliphatic rings. The number of anilines is 1. The lowest BCUT2D eigenvalue weighted by atomic mass is 9.92. The highest BCUT2D eigenvalue weighted by Crippen LogP contribution is 2.40. The summed E-state index contributed by atoms with van der Waals surface area (Å²) in [6.07, 6.45) is -6.24. The number of carboxylic acid groups (broad SMARTS) is 1. The molecule has 1 amide bonds. The molecule has 13 heteroatoms. The largest absolute Gasteiger partial charge is 0.508 e. The van der Waals surface area contributed by atoms with Crippen LogP contribution in [0.4, 0.5) is 15.4 Å². The van der Waals surface area contributed by atoms with Crippen molar-refractivity contribution in [3.05, 3.63) is 24.2 Å². The van der Waals surface area contributed by atoms with Crippen molar-refractivity contribution < 1.29 is 39.1 Å². The van der Waals surface area contributed by atoms with E-state index in [2.05, 4.69) is 15.4 Å². The van der Waals surface area contributed by atoms with Crippen molar-refractivity contribution in [2.24, 2.45) is 0 Å². The molecule has 30 heavy (non-hydrogen) atoms. The number of nitrogens with zero attached hydrogens (tertiary/aromatic N) is 4. The summed E-state index contributed by atoms with van der Waals surface area (Å²) >= 11 is 0. The number of carbonyl (C=O) groups excluding carboxylic acids is 1. The van der Waals surface area contributed by atoms with Crippen LogP contribution in [0.5, 0.6) is 0 Å². The fraction of sp³-hybridized carbons (Fsp3) is 0.471. The smallest absolute Gasteiger partial charge is 0.465 e. The van der Waals surface area contributed by atoms with Crippen LogP contribution in [0.3, 0.4) is 0 Å². The van der Waals surface area contributed by atoms with Gasteiger partial charge in [0, 0.05) is 0 Å². The highest BCUT2D eigenvalue weighted by molar-refractivity contribution is 5.87. The summed E-state index contributed by atoms with van der Waals surface area (Å²) in [4.78, 5) is 26.3. The van der Waals surface area contributed by atoms with Crippen molar-refractivity contribution in [2.75, 3.05) is 11.9 Å². The molecular weight excluding hydrogens is 402 g/mol. The third-order valence-electron chi connectivity index (χ3n) is 4.38. The van der Waals surface area contributed by atoms with Crippen LogP contribution < -0.4 is 5.32 Å². The van der Waals surface area contributed by atoms with Gasteiger partial charge in [-0.25, -0.2) is 19.1 Å². The quantitative estimate of drug-likeness (QED) is 0.483. The third-order valence-corrected chi connectivity index (χ3v) is 4.38. The number of hydrogen-bond donors (Lipinski definition) is 4. The highest BCUT2D eigenvalue weighted by atomic mass is 16.7. The monoisotopic (exact) mass is 421 g/mol. The molecule has 0 aromatic carbocycles. The molecule has 1 aliphatic heterocycles. The normalized spacial score (nSPS) is 25.8. The van der Waals surface area contributed by atoms with Crippen LogP contribution in [0.2, 0.25) is 0 Å². The van der Waals surface area contributed by atoms with E-state index in [1.807, 2.05) is 6.07 Å². The lowest BCUT2D eigenvalue weighted by molar-refractivity contribution is -0.0737.